The molecule has 1 amide bonds. The van der Waals surface area contributed by atoms with E-state index in [1.807, 2.05) is 50.1 Å². The molecule has 3 fully saturated rings. The van der Waals surface area contributed by atoms with Gasteiger partial charge in [0, 0.05) is 115 Å². The highest BCUT2D eigenvalue weighted by Gasteiger charge is 2.37. The highest BCUT2D eigenvalue weighted by molar-refractivity contribution is 6.66. The van der Waals surface area contributed by atoms with Gasteiger partial charge in [-0.15, -0.1) is 0 Å². The van der Waals surface area contributed by atoms with Crippen LogP contribution in [0.4, 0.5) is 117 Å². The summed E-state index contributed by atoms with van der Waals surface area (Å²) in [7, 11) is 16.7. The van der Waals surface area contributed by atoms with Gasteiger partial charge < -0.3 is 102 Å². The number of carbonyl (C=O) groups excluding carboxylic acids is 2. The third-order valence-corrected chi connectivity index (χ3v) is 22.1. The number of hydrogen-bond acceptors (Lipinski definition) is 32. The number of aromatic nitrogens is 9. The number of nitrogens with zero attached hydrogens (tertiary/aromatic N) is 16. The average molecular weight is 1810 g/mol. The maximum absolute atomic E-state index is 14.3. The molecule has 0 radical (unpaired) electrons. The SMILES string of the molecule is C=CC(=O)Cl.C=CC(=O)Nc1cc(Nc2ncnc(Nc3cc(Cl)c(F)cc3C(C)(O)CC)n2)c(OC)cc1N1CC[C@@H]1CN(C)C.CCC(C)(O)c1cc(F)c(Cl)cc1Nc1ncnc(Nc2cc(N)c(N3CC[C@@H]3CN(C)C)cc2OC)n1.CCC(C)(O)c1cc(F)c(Cl)cc1Nc1ncnc(Nc2cc([N+](=O)[O-])c(N3CC[C@@H]3CN(C)C)cc2OC)n1. The van der Waals surface area contributed by atoms with Crippen molar-refractivity contribution in [3.05, 3.63) is 176 Å². The summed E-state index contributed by atoms with van der Waals surface area (Å²) in [5.41, 5.74) is 9.16. The number of nitrogens with one attached hydrogen (secondary N) is 7. The van der Waals surface area contributed by atoms with Crippen molar-refractivity contribution in [2.24, 2.45) is 0 Å². The van der Waals surface area contributed by atoms with Crippen LogP contribution in [-0.4, -0.2) is 212 Å². The molecule has 6 heterocycles. The molecule has 125 heavy (non-hydrogen) atoms. The normalized spacial score (nSPS) is 15.9. The van der Waals surface area contributed by atoms with Crippen LogP contribution in [-0.2, 0) is 26.4 Å². The molecule has 0 aliphatic carbocycles. The molecule has 0 bridgehead atoms. The molecule has 12 rings (SSSR count). The van der Waals surface area contributed by atoms with Crippen molar-refractivity contribution in [1.82, 2.24) is 59.6 Å². The second-order valence-electron chi connectivity index (χ2n) is 30.8. The summed E-state index contributed by atoms with van der Waals surface area (Å²) in [6.07, 6.45) is 10.2. The summed E-state index contributed by atoms with van der Waals surface area (Å²) in [5, 5.41) is 64.8. The molecule has 34 nitrogen and oxygen atoms in total. The van der Waals surface area contributed by atoms with E-state index >= 15 is 0 Å². The zero-order valence-electron chi connectivity index (χ0n) is 72.0. The lowest BCUT2D eigenvalue weighted by atomic mass is 9.91. The Morgan fingerprint density at radius 2 is 0.800 bits per heavy atom. The molecule has 6 atom stereocenters. The van der Waals surface area contributed by atoms with Crippen LogP contribution in [0.25, 0.3) is 0 Å². The number of hydrogen-bond donors (Lipinski definition) is 11. The van der Waals surface area contributed by atoms with Gasteiger partial charge in [-0.3, -0.25) is 19.7 Å². The molecule has 3 aromatic heterocycles. The molecule has 0 saturated carbocycles. The van der Waals surface area contributed by atoms with Gasteiger partial charge >= 0.3 is 0 Å². The van der Waals surface area contributed by atoms with E-state index in [4.69, 9.17) is 66.3 Å². The molecular formula is C84H105Cl4F3N24O10. The van der Waals surface area contributed by atoms with E-state index in [2.05, 4.69) is 129 Å². The topological polar surface area (TPSA) is 411 Å². The smallest absolute Gasteiger partial charge is 0.294 e. The van der Waals surface area contributed by atoms with E-state index < -0.39 is 44.4 Å². The van der Waals surface area contributed by atoms with Gasteiger partial charge in [-0.25, -0.2) is 43.1 Å². The lowest BCUT2D eigenvalue weighted by Crippen LogP contribution is -2.53. The fourth-order valence-corrected chi connectivity index (χ4v) is 14.1. The van der Waals surface area contributed by atoms with Crippen molar-refractivity contribution in [2.75, 3.05) is 161 Å². The third-order valence-electron chi connectivity index (χ3n) is 21.0. The van der Waals surface area contributed by atoms with Crippen molar-refractivity contribution >= 4 is 161 Å². The fraction of sp³-hybridized carbons (Fsp3) is 0.393. The van der Waals surface area contributed by atoms with Crippen LogP contribution in [0, 0.1) is 27.6 Å². The monoisotopic (exact) mass is 1810 g/mol. The predicted molar refractivity (Wildman–Crippen MR) is 486 cm³/mol. The molecule has 9 aromatic rings. The number of amides is 1. The Balaban J connectivity index is 0.000000207. The maximum atomic E-state index is 14.3. The molecule has 0 spiro atoms. The van der Waals surface area contributed by atoms with E-state index in [1.54, 1.807) is 74.0 Å². The van der Waals surface area contributed by atoms with Crippen LogP contribution in [0.2, 0.25) is 15.1 Å². The highest BCUT2D eigenvalue weighted by atomic mass is 35.5. The van der Waals surface area contributed by atoms with Crippen molar-refractivity contribution < 1.29 is 57.2 Å². The number of aliphatic hydroxyl groups is 3. The number of rotatable bonds is 34. The largest absolute Gasteiger partial charge is 0.494 e. The molecule has 3 saturated heterocycles. The molecule has 12 N–H and O–H groups in total. The zero-order valence-corrected chi connectivity index (χ0v) is 75.0. The Morgan fingerprint density at radius 1 is 0.504 bits per heavy atom. The van der Waals surface area contributed by atoms with Crippen molar-refractivity contribution in [3.8, 4) is 17.2 Å². The van der Waals surface area contributed by atoms with E-state index in [-0.39, 0.29) is 74.0 Å². The number of halogens is 7. The quantitative estimate of drug-likeness (QED) is 0.00586. The van der Waals surface area contributed by atoms with Crippen LogP contribution in [0.1, 0.15) is 96.8 Å². The minimum atomic E-state index is -1.35. The summed E-state index contributed by atoms with van der Waals surface area (Å²) >= 11 is 22.8. The van der Waals surface area contributed by atoms with E-state index in [0.717, 1.165) is 69.4 Å². The number of nitro benzene ring substituents is 1. The second kappa shape index (κ2) is 42.9. The van der Waals surface area contributed by atoms with Crippen molar-refractivity contribution in [2.45, 2.75) is 115 Å². The highest BCUT2D eigenvalue weighted by Crippen LogP contribution is 2.47. The van der Waals surface area contributed by atoms with Gasteiger partial charge in [0.1, 0.15) is 59.4 Å². The van der Waals surface area contributed by atoms with Crippen molar-refractivity contribution in [3.63, 3.8) is 0 Å². The van der Waals surface area contributed by atoms with E-state index in [0.29, 0.717) is 117 Å². The maximum Gasteiger partial charge on any atom is 0.294 e. The van der Waals surface area contributed by atoms with Gasteiger partial charge in [0.15, 0.2) is 0 Å². The first-order valence-electron chi connectivity index (χ1n) is 39.6. The number of nitro groups is 1. The number of ether oxygens (including phenoxy) is 3. The number of likely N-dealkylation sites (N-methyl/N-ethyl adjacent to an activating group) is 3. The van der Waals surface area contributed by atoms with Crippen LogP contribution < -0.4 is 71.9 Å². The van der Waals surface area contributed by atoms with Crippen LogP contribution in [0.15, 0.2) is 117 Å². The molecule has 6 aromatic carbocycles. The molecule has 3 aliphatic rings. The molecule has 670 valence electrons. The Morgan fingerprint density at radius 3 is 1.09 bits per heavy atom. The summed E-state index contributed by atoms with van der Waals surface area (Å²) in [6, 6.07) is 18.9. The van der Waals surface area contributed by atoms with Crippen LogP contribution in [0.3, 0.4) is 0 Å². The minimum Gasteiger partial charge on any atom is -0.494 e. The van der Waals surface area contributed by atoms with Gasteiger partial charge in [0.05, 0.1) is 97.9 Å². The first-order valence-corrected chi connectivity index (χ1v) is 41.1. The van der Waals surface area contributed by atoms with Gasteiger partial charge in [-0.1, -0.05) is 68.7 Å². The number of nitrogens with two attached hydrogens (primary N) is 1. The Bertz CT molecular complexity index is 5360. The van der Waals surface area contributed by atoms with Gasteiger partial charge in [0.25, 0.3) is 5.69 Å². The van der Waals surface area contributed by atoms with Gasteiger partial charge in [-0.05, 0) is 174 Å². The predicted octanol–water partition coefficient (Wildman–Crippen LogP) is 15.3. The lowest BCUT2D eigenvalue weighted by molar-refractivity contribution is -0.384. The molecule has 3 unspecified atom stereocenters. The lowest BCUT2D eigenvalue weighted by Gasteiger charge is -2.45. The number of allylic oxidation sites excluding steroid dienone is 1. The number of benzene rings is 6. The number of carbonyl (C=O) groups is 2. The first-order chi connectivity index (χ1) is 59.2. The number of nitrogen functional groups attached to an aromatic ring is 1. The Labute approximate surface area is 743 Å². The summed E-state index contributed by atoms with van der Waals surface area (Å²) in [4.78, 5) is 84.5. The molecular weight excluding hydrogens is 1700 g/mol. The summed E-state index contributed by atoms with van der Waals surface area (Å²) in [5.74, 6) is 0.0454. The Hall–Kier alpha value is -11.5. The second-order valence-corrected chi connectivity index (χ2v) is 32.4. The zero-order chi connectivity index (χ0) is 91.7. The van der Waals surface area contributed by atoms with Gasteiger partial charge in [-0.2, -0.15) is 15.0 Å². The third kappa shape index (κ3) is 25.0. The average Bonchev–Trinajstić information content (AvgIpc) is 0.555. The number of methoxy groups -OCH3 is 3. The molecule has 3 aliphatic heterocycles. The van der Waals surface area contributed by atoms with E-state index in [9.17, 15) is 48.2 Å². The number of anilines is 17. The van der Waals surface area contributed by atoms with Crippen LogP contribution >= 0.6 is 46.4 Å². The first kappa shape index (κ1) is 97.3. The summed E-state index contributed by atoms with van der Waals surface area (Å²) in [6.45, 7) is 21.8. The minimum absolute atomic E-state index is 0.0734. The van der Waals surface area contributed by atoms with Crippen molar-refractivity contribution in [1.29, 1.82) is 0 Å². The van der Waals surface area contributed by atoms with Gasteiger partial charge in [0.2, 0.25) is 46.8 Å². The molecule has 41 heteroatoms. The fourth-order valence-electron chi connectivity index (χ4n) is 13.6. The van der Waals surface area contributed by atoms with Crippen LogP contribution in [0.5, 0.6) is 17.2 Å². The standard InChI is InChI=1S/C29H36ClFN8O3.C26H32ClFN8O4.C26H34ClFN8O2.C3H3ClO/c1-7-26(40)34-22-13-23(25(42-6)14-24(22)39-10-9-17(39)15-38(4)5)36-28-33-16-32-27(37-28)35-21-12-19(30)20(31)11-18(21)29(3,41)8-2;1-6-26(2,37)16-9-18(28)17(27)10-19(16)31-24-29-14-30-25(33-24)32-20-11-22(36(38)39)21(12-23(20)40-5)35-8-7-15(35)13-34(3)4;1-6-26(2,37)16-9-18(28)17(27)10-20(16)32-24-30-14-31-25(34-24)33-21-11-19(29)22(12-23(21)38-5)36-8-7-15(36)13-35(3)4;1-2-3(4)5/h7,11-14,16-17,41H,1,8-10,15H2,2-6H3,(H,34,40)(H2,32,33,35,36,37);9-12,14-15,37H,6-8,13H2,1-5H3,(H2,29,30,31,32,33);9-12,14-15,37H,6-8,13,29H2,1-5H3,(H2,30,31,32,33,34);2H,1H2/t17-,29?;2*15-,26?;/m111./s1. The Kier molecular flexibility index (Phi) is 33.4. The van der Waals surface area contributed by atoms with E-state index in [1.165, 1.54) is 74.6 Å². The summed E-state index contributed by atoms with van der Waals surface area (Å²) < 4.78 is 59.6.